The van der Waals surface area contributed by atoms with E-state index < -0.39 is 0 Å². The van der Waals surface area contributed by atoms with E-state index in [4.69, 9.17) is 0 Å². The molecule has 0 aliphatic heterocycles. The molecule has 0 heterocycles. The maximum Gasteiger partial charge on any atom is 2.00 e. The van der Waals surface area contributed by atoms with Crippen molar-refractivity contribution in [1.82, 2.24) is 0 Å². The van der Waals surface area contributed by atoms with Crippen LogP contribution < -0.4 is 0 Å². The summed E-state index contributed by atoms with van der Waals surface area (Å²) in [6.45, 7) is 4.86. The number of hydrogen-bond donors (Lipinski definition) is 0. The maximum atomic E-state index is 4.59. The molecule has 0 atom stereocenters. The molecule has 0 aliphatic rings. The molecule has 0 fully saturated rings. The quantitative estimate of drug-likeness (QED) is 0.567. The number of rotatable bonds is 2. The van der Waals surface area contributed by atoms with Gasteiger partial charge in [0.2, 0.25) is 0 Å². The molecule has 7 heteroatoms. The van der Waals surface area contributed by atoms with Crippen molar-refractivity contribution in [3.8, 4) is 0 Å². The molecular weight excluding hydrogens is 291 g/mol. The van der Waals surface area contributed by atoms with Crippen LogP contribution in [-0.2, 0) is 51.5 Å². The van der Waals surface area contributed by atoms with Crippen LogP contribution >= 0.6 is 24.4 Å². The van der Waals surface area contributed by atoms with Crippen molar-refractivity contribution in [3.05, 3.63) is 0 Å². The smallest absolute Gasteiger partial charge is 0.514 e. The zero-order valence-corrected chi connectivity index (χ0v) is 11.5. The fourth-order valence-electron chi connectivity index (χ4n) is 0.236. The molecule has 0 unspecified atom stereocenters. The Hall–Kier alpha value is 0.726. The Morgan fingerprint density at radius 3 is 1.23 bits per heavy atom. The van der Waals surface area contributed by atoms with E-state index in [1.807, 2.05) is 13.8 Å². The minimum absolute atomic E-state index is 0. The molecule has 0 saturated heterocycles. The summed E-state index contributed by atoms with van der Waals surface area (Å²) in [6, 6.07) is 0. The minimum atomic E-state index is 0. The third kappa shape index (κ3) is 32.4. The van der Waals surface area contributed by atoms with Gasteiger partial charge in [0, 0.05) is 8.77 Å². The van der Waals surface area contributed by atoms with Gasteiger partial charge in [-0.2, -0.15) is 0 Å². The van der Waals surface area contributed by atoms with Gasteiger partial charge in [-0.1, -0.05) is 0 Å². The predicted molar refractivity (Wildman–Crippen MR) is 63.2 cm³/mol. The Morgan fingerprint density at radius 1 is 1.00 bits per heavy atom. The second-order valence-electron chi connectivity index (χ2n) is 1.37. The van der Waals surface area contributed by atoms with Crippen molar-refractivity contribution in [3.63, 3.8) is 0 Å². The Balaban J connectivity index is -0.000000143. The van der Waals surface area contributed by atoms with Crippen LogP contribution in [0.5, 0.6) is 0 Å². The van der Waals surface area contributed by atoms with Crippen LogP contribution in [0.25, 0.3) is 0 Å². The van der Waals surface area contributed by atoms with Gasteiger partial charge in [0.1, 0.15) is 0 Å². The van der Waals surface area contributed by atoms with Crippen molar-refractivity contribution in [2.45, 2.75) is 13.8 Å². The van der Waals surface area contributed by atoms with Crippen LogP contribution in [0.4, 0.5) is 0 Å². The van der Waals surface area contributed by atoms with E-state index in [1.165, 1.54) is 0 Å². The van der Waals surface area contributed by atoms with Crippen molar-refractivity contribution in [1.29, 1.82) is 0 Å². The van der Waals surface area contributed by atoms with E-state index in [2.05, 4.69) is 59.2 Å². The van der Waals surface area contributed by atoms with Crippen molar-refractivity contribution in [2.24, 2.45) is 0 Å². The van der Waals surface area contributed by atoms with Crippen LogP contribution in [0, 0.1) is 0 Å². The molecule has 0 aromatic heterocycles. The molecule has 13 heavy (non-hydrogen) atoms. The van der Waals surface area contributed by atoms with Gasteiger partial charge in [-0.25, -0.2) is 0 Å². The van der Waals surface area contributed by atoms with Gasteiger partial charge in [-0.15, -0.1) is 0 Å². The second kappa shape index (κ2) is 15.2. The molecule has 0 amide bonds. The van der Waals surface area contributed by atoms with E-state index >= 15 is 0 Å². The first-order chi connectivity index (χ1) is 5.54. The average molecular weight is 301 g/mol. The van der Waals surface area contributed by atoms with Gasteiger partial charge in [-0.05, 0) is 13.8 Å². The Kier molecular flexibility index (Phi) is 22.6. The van der Waals surface area contributed by atoms with E-state index in [1.54, 1.807) is 0 Å². The largest absolute Gasteiger partial charge is 2.00 e. The van der Waals surface area contributed by atoms with Gasteiger partial charge in [0.25, 0.3) is 0 Å². The molecule has 2 nitrogen and oxygen atoms in total. The number of thiocarbonyl (C=S) groups is 2. The summed E-state index contributed by atoms with van der Waals surface area (Å²) in [7, 11) is 0. The Bertz CT molecular complexity index is 127. The first-order valence-corrected chi connectivity index (χ1v) is 4.85. The van der Waals surface area contributed by atoms with Crippen molar-refractivity contribution >= 4 is 58.5 Å². The molecule has 0 aromatic rings. The molecule has 0 aromatic carbocycles. The molecule has 0 bridgehead atoms. The van der Waals surface area contributed by atoms with Crippen LogP contribution in [0.3, 0.4) is 0 Å². The first kappa shape index (κ1) is 19.3. The van der Waals surface area contributed by atoms with E-state index in [9.17, 15) is 0 Å². The molecular formula is C6H10CoO2S4. The number of hydrogen-bond acceptors (Lipinski definition) is 6. The van der Waals surface area contributed by atoms with Crippen LogP contribution in [0.2, 0.25) is 0 Å². The van der Waals surface area contributed by atoms with Gasteiger partial charge in [0.15, 0.2) is 0 Å². The summed E-state index contributed by atoms with van der Waals surface area (Å²) in [4.78, 5) is 0. The first-order valence-electron chi connectivity index (χ1n) is 3.22. The maximum absolute atomic E-state index is 4.59. The number of ether oxygens (including phenoxy) is 2. The average Bonchev–Trinajstić information content (AvgIpc) is 1.87. The molecule has 1 radical (unpaired) electrons. The van der Waals surface area contributed by atoms with Gasteiger partial charge in [0.05, 0.1) is 13.2 Å². The van der Waals surface area contributed by atoms with Crippen LogP contribution in [-0.4, -0.2) is 22.0 Å². The zero-order valence-electron chi connectivity index (χ0n) is 7.20. The summed E-state index contributed by atoms with van der Waals surface area (Å²) < 4.78 is 9.59. The minimum Gasteiger partial charge on any atom is -0.514 e. The van der Waals surface area contributed by atoms with E-state index in [-0.39, 0.29) is 25.5 Å². The second-order valence-corrected chi connectivity index (χ2v) is 3.37. The molecule has 79 valence electrons. The summed E-state index contributed by atoms with van der Waals surface area (Å²) in [6.07, 6.45) is 0. The third-order valence-corrected chi connectivity index (χ3v) is 0.996. The predicted octanol–water partition coefficient (Wildman–Crippen LogP) is 1.71. The monoisotopic (exact) mass is 301 g/mol. The SMILES string of the molecule is CCOC(=S)[S-].CCOC(=S)[S-].[Co+2]. The van der Waals surface area contributed by atoms with Crippen LogP contribution in [0.15, 0.2) is 0 Å². The normalized spacial score (nSPS) is 6.92. The van der Waals surface area contributed by atoms with Gasteiger partial charge < -0.3 is 59.2 Å². The molecule has 0 aliphatic carbocycles. The fraction of sp³-hybridized carbons (Fsp3) is 0.667. The van der Waals surface area contributed by atoms with E-state index in [0.717, 1.165) is 0 Å². The van der Waals surface area contributed by atoms with Crippen molar-refractivity contribution < 1.29 is 26.3 Å². The third-order valence-electron chi connectivity index (χ3n) is 0.524. The molecule has 0 rings (SSSR count). The van der Waals surface area contributed by atoms with Gasteiger partial charge in [-0.3, -0.25) is 0 Å². The standard InChI is InChI=1S/2C3H6OS2.Co/c2*1-2-4-3(5)6;/h2*2H2,1H3,(H,5,6);/q;;+2/p-2. The molecule has 0 saturated carbocycles. The summed E-state index contributed by atoms with van der Waals surface area (Å²) in [5.41, 5.74) is 0. The Morgan fingerprint density at radius 2 is 1.23 bits per heavy atom. The summed E-state index contributed by atoms with van der Waals surface area (Å²) in [5, 5.41) is 0. The van der Waals surface area contributed by atoms with Crippen LogP contribution in [0.1, 0.15) is 13.8 Å². The zero-order chi connectivity index (χ0) is 9.98. The summed E-state index contributed by atoms with van der Waals surface area (Å²) in [5.74, 6) is 0. The summed E-state index contributed by atoms with van der Waals surface area (Å²) >= 11 is 17.5. The fourth-order valence-corrected chi connectivity index (χ4v) is 0.707. The van der Waals surface area contributed by atoms with Gasteiger partial charge >= 0.3 is 16.8 Å². The van der Waals surface area contributed by atoms with E-state index in [0.29, 0.717) is 13.2 Å². The van der Waals surface area contributed by atoms with Crippen molar-refractivity contribution in [2.75, 3.05) is 13.2 Å². The topological polar surface area (TPSA) is 18.5 Å². The molecule has 0 spiro atoms. The Labute approximate surface area is 111 Å². The molecule has 0 N–H and O–H groups in total.